The SMILES string of the molecule is CC(C)(C)OC(=O)N1C[C@H]2CCC[C@@H](C1)NC2. The molecule has 1 N–H and O–H groups in total. The quantitative estimate of drug-likeness (QED) is 0.704. The van der Waals surface area contributed by atoms with E-state index in [0.717, 1.165) is 19.6 Å². The Labute approximate surface area is 104 Å². The Morgan fingerprint density at radius 3 is 2.76 bits per heavy atom. The maximum Gasteiger partial charge on any atom is 0.410 e. The van der Waals surface area contributed by atoms with Gasteiger partial charge in [0, 0.05) is 19.1 Å². The van der Waals surface area contributed by atoms with Crippen LogP contribution in [0.3, 0.4) is 0 Å². The summed E-state index contributed by atoms with van der Waals surface area (Å²) in [7, 11) is 0. The predicted molar refractivity (Wildman–Crippen MR) is 66.9 cm³/mol. The van der Waals surface area contributed by atoms with Crippen LogP contribution in [0.4, 0.5) is 4.79 Å². The van der Waals surface area contributed by atoms with E-state index in [1.54, 1.807) is 0 Å². The third kappa shape index (κ3) is 3.60. The number of carbonyl (C=O) groups excluding carboxylic acids is 1. The second kappa shape index (κ2) is 4.84. The van der Waals surface area contributed by atoms with Crippen LogP contribution < -0.4 is 5.32 Å². The van der Waals surface area contributed by atoms with Crippen molar-refractivity contribution in [2.45, 2.75) is 51.7 Å². The van der Waals surface area contributed by atoms with Crippen molar-refractivity contribution >= 4 is 6.09 Å². The van der Waals surface area contributed by atoms with E-state index in [1.165, 1.54) is 19.3 Å². The Bertz CT molecular complexity index is 272. The average molecular weight is 240 g/mol. The number of ether oxygens (including phenoxy) is 1. The van der Waals surface area contributed by atoms with Crippen molar-refractivity contribution in [1.29, 1.82) is 0 Å². The highest BCUT2D eigenvalue weighted by Crippen LogP contribution is 2.22. The fourth-order valence-electron chi connectivity index (χ4n) is 2.63. The normalized spacial score (nSPS) is 29.7. The van der Waals surface area contributed by atoms with Crippen molar-refractivity contribution in [3.05, 3.63) is 0 Å². The van der Waals surface area contributed by atoms with Crippen LogP contribution in [0.1, 0.15) is 40.0 Å². The van der Waals surface area contributed by atoms with Crippen molar-refractivity contribution in [2.24, 2.45) is 5.92 Å². The van der Waals surface area contributed by atoms with E-state index in [1.807, 2.05) is 25.7 Å². The standard InChI is InChI=1S/C13H24N2O2/c1-13(2,3)17-12(16)15-8-10-5-4-6-11(9-15)14-7-10/h10-11,14H,4-9H2,1-3H3/t10-,11-/m0/s1. The molecule has 0 spiro atoms. The summed E-state index contributed by atoms with van der Waals surface area (Å²) in [5, 5.41) is 3.54. The molecule has 1 amide bonds. The zero-order chi connectivity index (χ0) is 12.5. The highest BCUT2D eigenvalue weighted by Gasteiger charge is 2.31. The summed E-state index contributed by atoms with van der Waals surface area (Å²) >= 11 is 0. The molecule has 17 heavy (non-hydrogen) atoms. The Morgan fingerprint density at radius 2 is 2.06 bits per heavy atom. The number of hydrogen-bond donors (Lipinski definition) is 1. The fraction of sp³-hybridized carbons (Fsp3) is 0.923. The van der Waals surface area contributed by atoms with Gasteiger partial charge < -0.3 is 15.0 Å². The number of fused-ring (bicyclic) bond motifs is 3. The molecule has 0 saturated carbocycles. The van der Waals surface area contributed by atoms with Gasteiger partial charge in [0.2, 0.25) is 0 Å². The molecular weight excluding hydrogens is 216 g/mol. The van der Waals surface area contributed by atoms with Crippen molar-refractivity contribution in [3.8, 4) is 0 Å². The number of amides is 1. The smallest absolute Gasteiger partial charge is 0.410 e. The van der Waals surface area contributed by atoms with Crippen LogP contribution in [0, 0.1) is 5.92 Å². The Kier molecular flexibility index (Phi) is 3.61. The molecule has 4 heteroatoms. The minimum Gasteiger partial charge on any atom is -0.444 e. The van der Waals surface area contributed by atoms with Crippen LogP contribution in [0.2, 0.25) is 0 Å². The first-order valence-corrected chi connectivity index (χ1v) is 6.65. The van der Waals surface area contributed by atoms with Crippen molar-refractivity contribution < 1.29 is 9.53 Å². The summed E-state index contributed by atoms with van der Waals surface area (Å²) in [6.07, 6.45) is 3.53. The first-order chi connectivity index (χ1) is 7.94. The highest BCUT2D eigenvalue weighted by molar-refractivity contribution is 5.68. The highest BCUT2D eigenvalue weighted by atomic mass is 16.6. The lowest BCUT2D eigenvalue weighted by molar-refractivity contribution is 0.0213. The lowest BCUT2D eigenvalue weighted by Gasteiger charge is -2.30. The number of nitrogens with zero attached hydrogens (tertiary/aromatic N) is 1. The van der Waals surface area contributed by atoms with Crippen LogP contribution in [0.25, 0.3) is 0 Å². The maximum absolute atomic E-state index is 12.1. The topological polar surface area (TPSA) is 41.6 Å². The minimum atomic E-state index is -0.397. The molecule has 2 aliphatic rings. The second-order valence-electron chi connectivity index (χ2n) is 6.29. The van der Waals surface area contributed by atoms with Crippen molar-refractivity contribution in [2.75, 3.05) is 19.6 Å². The van der Waals surface area contributed by atoms with Crippen molar-refractivity contribution in [3.63, 3.8) is 0 Å². The molecule has 2 rings (SSSR count). The van der Waals surface area contributed by atoms with Gasteiger partial charge in [-0.25, -0.2) is 4.79 Å². The molecule has 0 aliphatic carbocycles. The molecule has 0 unspecified atom stereocenters. The van der Waals surface area contributed by atoms with Gasteiger partial charge in [-0.15, -0.1) is 0 Å². The first kappa shape index (κ1) is 12.7. The number of carbonyl (C=O) groups is 1. The summed E-state index contributed by atoms with van der Waals surface area (Å²) < 4.78 is 5.46. The number of hydrogen-bond acceptors (Lipinski definition) is 3. The zero-order valence-corrected chi connectivity index (χ0v) is 11.2. The molecule has 2 fully saturated rings. The van der Waals surface area contributed by atoms with Gasteiger partial charge in [0.15, 0.2) is 0 Å². The lowest BCUT2D eigenvalue weighted by atomic mass is 10.0. The summed E-state index contributed by atoms with van der Waals surface area (Å²) in [6.45, 7) is 8.44. The number of nitrogens with one attached hydrogen (secondary N) is 1. The van der Waals surface area contributed by atoms with Crippen LogP contribution in [0.15, 0.2) is 0 Å². The predicted octanol–water partition coefficient (Wildman–Crippen LogP) is 2.00. The molecule has 2 aliphatic heterocycles. The molecule has 4 nitrogen and oxygen atoms in total. The van der Waals surface area contributed by atoms with Gasteiger partial charge in [-0.2, -0.15) is 0 Å². The summed E-state index contributed by atoms with van der Waals surface area (Å²) in [5.41, 5.74) is -0.397. The van der Waals surface area contributed by atoms with Crippen LogP contribution >= 0.6 is 0 Å². The Morgan fingerprint density at radius 1 is 1.29 bits per heavy atom. The van der Waals surface area contributed by atoms with E-state index >= 15 is 0 Å². The third-order valence-corrected chi connectivity index (χ3v) is 3.43. The average Bonchev–Trinajstić information content (AvgIpc) is 2.46. The molecule has 0 aromatic carbocycles. The summed E-state index contributed by atoms with van der Waals surface area (Å²) in [6, 6.07) is 0.454. The van der Waals surface area contributed by atoms with Gasteiger partial charge in [-0.3, -0.25) is 0 Å². The lowest BCUT2D eigenvalue weighted by Crippen LogP contribution is -2.43. The monoisotopic (exact) mass is 240 g/mol. The van der Waals surface area contributed by atoms with Gasteiger partial charge in [0.1, 0.15) is 5.60 Å². The van der Waals surface area contributed by atoms with Crippen LogP contribution in [0.5, 0.6) is 0 Å². The van der Waals surface area contributed by atoms with Gasteiger partial charge in [-0.1, -0.05) is 6.42 Å². The maximum atomic E-state index is 12.1. The third-order valence-electron chi connectivity index (χ3n) is 3.43. The fourth-order valence-corrected chi connectivity index (χ4v) is 2.63. The Balaban J connectivity index is 1.99. The van der Waals surface area contributed by atoms with E-state index in [0.29, 0.717) is 12.0 Å². The second-order valence-corrected chi connectivity index (χ2v) is 6.29. The van der Waals surface area contributed by atoms with Crippen molar-refractivity contribution in [1.82, 2.24) is 10.2 Å². The van der Waals surface area contributed by atoms with E-state index in [9.17, 15) is 4.79 Å². The molecule has 98 valence electrons. The van der Waals surface area contributed by atoms with Crippen LogP contribution in [-0.4, -0.2) is 42.3 Å². The molecule has 0 radical (unpaired) electrons. The molecule has 2 heterocycles. The minimum absolute atomic E-state index is 0.155. The van der Waals surface area contributed by atoms with Crippen LogP contribution in [-0.2, 0) is 4.74 Å². The summed E-state index contributed by atoms with van der Waals surface area (Å²) in [4.78, 5) is 14.0. The van der Waals surface area contributed by atoms with E-state index in [4.69, 9.17) is 4.74 Å². The van der Waals surface area contributed by atoms with E-state index in [-0.39, 0.29) is 6.09 Å². The number of likely N-dealkylation sites (tertiary alicyclic amines) is 1. The molecule has 0 aromatic rings. The number of rotatable bonds is 0. The first-order valence-electron chi connectivity index (χ1n) is 6.65. The van der Waals surface area contributed by atoms with E-state index < -0.39 is 5.60 Å². The van der Waals surface area contributed by atoms with E-state index in [2.05, 4.69) is 5.32 Å². The largest absolute Gasteiger partial charge is 0.444 e. The Hall–Kier alpha value is -0.770. The van der Waals surface area contributed by atoms with Gasteiger partial charge in [0.25, 0.3) is 0 Å². The molecule has 0 aromatic heterocycles. The van der Waals surface area contributed by atoms with Gasteiger partial charge in [-0.05, 0) is 46.1 Å². The zero-order valence-electron chi connectivity index (χ0n) is 11.2. The van der Waals surface area contributed by atoms with Gasteiger partial charge >= 0.3 is 6.09 Å². The summed E-state index contributed by atoms with van der Waals surface area (Å²) in [5.74, 6) is 0.593. The van der Waals surface area contributed by atoms with Gasteiger partial charge in [0.05, 0.1) is 0 Å². The molecular formula is C13H24N2O2. The molecule has 2 saturated heterocycles. The molecule has 2 bridgehead atoms. The molecule has 2 atom stereocenters.